The van der Waals surface area contributed by atoms with E-state index in [4.69, 9.17) is 14.2 Å². The molecule has 0 atom stereocenters. The lowest BCUT2D eigenvalue weighted by Gasteiger charge is -2.37. The van der Waals surface area contributed by atoms with E-state index in [0.29, 0.717) is 19.8 Å². The number of hydrogen-bond donors (Lipinski definition) is 1. The number of hydrogen-bond acceptors (Lipinski definition) is 4. The van der Waals surface area contributed by atoms with Crippen molar-refractivity contribution in [2.75, 3.05) is 40.0 Å². The molecule has 1 spiro atoms. The SMILES string of the molecule is COc1ccc(C[NH2+]CC(=O)N2CCC3(CC2)OCCO3)cc1. The average molecular weight is 321 g/mol. The van der Waals surface area contributed by atoms with Crippen LogP contribution in [0.1, 0.15) is 18.4 Å². The summed E-state index contributed by atoms with van der Waals surface area (Å²) in [7, 11) is 1.66. The minimum atomic E-state index is -0.413. The Morgan fingerprint density at radius 2 is 1.87 bits per heavy atom. The van der Waals surface area contributed by atoms with Gasteiger partial charge in [0.2, 0.25) is 0 Å². The van der Waals surface area contributed by atoms with Crippen molar-refractivity contribution >= 4 is 5.91 Å². The number of carbonyl (C=O) groups is 1. The number of carbonyl (C=O) groups excluding carboxylic acids is 1. The number of nitrogens with two attached hydrogens (primary N) is 1. The van der Waals surface area contributed by atoms with Gasteiger partial charge in [0.05, 0.1) is 20.3 Å². The molecular formula is C17H25N2O4+. The highest BCUT2D eigenvalue weighted by Gasteiger charge is 2.40. The third-order valence-corrected chi connectivity index (χ3v) is 4.55. The molecule has 126 valence electrons. The summed E-state index contributed by atoms with van der Waals surface area (Å²) in [5.74, 6) is 0.624. The van der Waals surface area contributed by atoms with Crippen molar-refractivity contribution in [1.29, 1.82) is 0 Å². The smallest absolute Gasteiger partial charge is 0.277 e. The number of amides is 1. The summed E-state index contributed by atoms with van der Waals surface area (Å²) in [6, 6.07) is 7.94. The van der Waals surface area contributed by atoms with Gasteiger partial charge in [-0.2, -0.15) is 0 Å². The maximum absolute atomic E-state index is 12.3. The standard InChI is InChI=1S/C17H24N2O4/c1-21-15-4-2-14(3-5-15)12-18-13-16(20)19-8-6-17(7-9-19)22-10-11-23-17/h2-5,18H,6-13H2,1H3/p+1. The second kappa shape index (κ2) is 7.29. The van der Waals surface area contributed by atoms with Crippen molar-refractivity contribution in [1.82, 2.24) is 4.90 Å². The summed E-state index contributed by atoms with van der Waals surface area (Å²) in [6.45, 7) is 4.04. The number of nitrogens with zero attached hydrogens (tertiary/aromatic N) is 1. The lowest BCUT2D eigenvalue weighted by atomic mass is 10.0. The van der Waals surface area contributed by atoms with Gasteiger partial charge in [0.25, 0.3) is 5.91 Å². The first-order valence-electron chi connectivity index (χ1n) is 8.21. The van der Waals surface area contributed by atoms with E-state index in [2.05, 4.69) is 0 Å². The summed E-state index contributed by atoms with van der Waals surface area (Å²) in [5, 5.41) is 2.04. The lowest BCUT2D eigenvalue weighted by molar-refractivity contribution is -0.660. The maximum Gasteiger partial charge on any atom is 0.277 e. The van der Waals surface area contributed by atoms with Gasteiger partial charge in [-0.1, -0.05) is 0 Å². The Labute approximate surface area is 136 Å². The summed E-state index contributed by atoms with van der Waals surface area (Å²) in [4.78, 5) is 14.2. The van der Waals surface area contributed by atoms with E-state index in [1.165, 1.54) is 5.56 Å². The van der Waals surface area contributed by atoms with E-state index in [-0.39, 0.29) is 5.91 Å². The molecule has 0 radical (unpaired) electrons. The molecule has 6 heteroatoms. The van der Waals surface area contributed by atoms with Crippen LogP contribution in [0.3, 0.4) is 0 Å². The maximum atomic E-state index is 12.3. The number of quaternary nitrogens is 1. The van der Waals surface area contributed by atoms with Crippen molar-refractivity contribution in [2.24, 2.45) is 0 Å². The Balaban J connectivity index is 1.39. The van der Waals surface area contributed by atoms with Gasteiger partial charge in [-0.25, -0.2) is 0 Å². The molecule has 0 unspecified atom stereocenters. The van der Waals surface area contributed by atoms with Crippen LogP contribution in [0, 0.1) is 0 Å². The zero-order chi connectivity index (χ0) is 16.1. The largest absolute Gasteiger partial charge is 0.497 e. The molecule has 2 heterocycles. The van der Waals surface area contributed by atoms with Crippen molar-refractivity contribution in [3.63, 3.8) is 0 Å². The predicted octanol–water partition coefficient (Wildman–Crippen LogP) is 0.124. The van der Waals surface area contributed by atoms with Crippen LogP contribution in [0.2, 0.25) is 0 Å². The second-order valence-electron chi connectivity index (χ2n) is 6.03. The number of benzene rings is 1. The van der Waals surface area contributed by atoms with Gasteiger partial charge in [0, 0.05) is 31.5 Å². The van der Waals surface area contributed by atoms with Crippen molar-refractivity contribution in [3.8, 4) is 5.75 Å². The molecule has 2 saturated heterocycles. The third kappa shape index (κ3) is 4.02. The minimum Gasteiger partial charge on any atom is -0.497 e. The highest BCUT2D eigenvalue weighted by atomic mass is 16.7. The zero-order valence-electron chi connectivity index (χ0n) is 13.6. The molecule has 0 bridgehead atoms. The van der Waals surface area contributed by atoms with Crippen LogP contribution in [0.15, 0.2) is 24.3 Å². The van der Waals surface area contributed by atoms with E-state index in [1.807, 2.05) is 34.5 Å². The number of rotatable bonds is 5. The molecule has 0 aliphatic carbocycles. The predicted molar refractivity (Wildman–Crippen MR) is 83.9 cm³/mol. The van der Waals surface area contributed by atoms with E-state index >= 15 is 0 Å². The highest BCUT2D eigenvalue weighted by molar-refractivity contribution is 5.77. The Kier molecular flexibility index (Phi) is 5.15. The molecule has 0 saturated carbocycles. The zero-order valence-corrected chi connectivity index (χ0v) is 13.6. The van der Waals surface area contributed by atoms with Gasteiger partial charge in [-0.05, 0) is 24.3 Å². The van der Waals surface area contributed by atoms with E-state index < -0.39 is 5.79 Å². The first-order chi connectivity index (χ1) is 11.2. The van der Waals surface area contributed by atoms with Crippen LogP contribution in [0.25, 0.3) is 0 Å². The molecule has 2 N–H and O–H groups in total. The molecule has 2 aliphatic heterocycles. The topological polar surface area (TPSA) is 64.6 Å². The molecule has 6 nitrogen and oxygen atoms in total. The molecule has 2 aliphatic rings. The fourth-order valence-electron chi connectivity index (χ4n) is 3.14. The number of likely N-dealkylation sites (tertiary alicyclic amines) is 1. The van der Waals surface area contributed by atoms with Gasteiger partial charge in [0.1, 0.15) is 12.3 Å². The first kappa shape index (κ1) is 16.2. The molecule has 2 fully saturated rings. The van der Waals surface area contributed by atoms with Gasteiger partial charge in [-0.15, -0.1) is 0 Å². The molecule has 1 aromatic rings. The highest BCUT2D eigenvalue weighted by Crippen LogP contribution is 2.31. The fourth-order valence-corrected chi connectivity index (χ4v) is 3.14. The Bertz CT molecular complexity index is 516. The molecule has 3 rings (SSSR count). The second-order valence-corrected chi connectivity index (χ2v) is 6.03. The Hall–Kier alpha value is -1.63. The summed E-state index contributed by atoms with van der Waals surface area (Å²) in [5.41, 5.74) is 1.18. The fraction of sp³-hybridized carbons (Fsp3) is 0.588. The van der Waals surface area contributed by atoms with Gasteiger partial charge < -0.3 is 24.4 Å². The van der Waals surface area contributed by atoms with Crippen LogP contribution in [0.5, 0.6) is 5.75 Å². The number of piperidine rings is 1. The summed E-state index contributed by atoms with van der Waals surface area (Å²) < 4.78 is 16.5. The first-order valence-corrected chi connectivity index (χ1v) is 8.21. The van der Waals surface area contributed by atoms with Crippen LogP contribution in [-0.2, 0) is 20.8 Å². The number of methoxy groups -OCH3 is 1. The normalized spacial score (nSPS) is 20.0. The van der Waals surface area contributed by atoms with Crippen molar-refractivity contribution in [2.45, 2.75) is 25.2 Å². The molecule has 23 heavy (non-hydrogen) atoms. The monoisotopic (exact) mass is 321 g/mol. The van der Waals surface area contributed by atoms with E-state index in [0.717, 1.165) is 38.2 Å². The van der Waals surface area contributed by atoms with E-state index in [1.54, 1.807) is 7.11 Å². The van der Waals surface area contributed by atoms with Gasteiger partial charge >= 0.3 is 0 Å². The van der Waals surface area contributed by atoms with Crippen LogP contribution in [0.4, 0.5) is 0 Å². The summed E-state index contributed by atoms with van der Waals surface area (Å²) >= 11 is 0. The Morgan fingerprint density at radius 1 is 1.22 bits per heavy atom. The average Bonchev–Trinajstić information content (AvgIpc) is 3.04. The summed E-state index contributed by atoms with van der Waals surface area (Å²) in [6.07, 6.45) is 1.55. The van der Waals surface area contributed by atoms with Crippen LogP contribution >= 0.6 is 0 Å². The molecule has 1 amide bonds. The third-order valence-electron chi connectivity index (χ3n) is 4.55. The molecular weight excluding hydrogens is 296 g/mol. The van der Waals surface area contributed by atoms with Gasteiger partial charge in [0.15, 0.2) is 12.3 Å². The molecule has 1 aromatic carbocycles. The van der Waals surface area contributed by atoms with Crippen LogP contribution < -0.4 is 10.1 Å². The number of ether oxygens (including phenoxy) is 3. The van der Waals surface area contributed by atoms with Crippen molar-refractivity contribution < 1.29 is 24.3 Å². The van der Waals surface area contributed by atoms with Gasteiger partial charge in [-0.3, -0.25) is 4.79 Å². The molecule has 0 aromatic heterocycles. The minimum absolute atomic E-state index is 0.186. The lowest BCUT2D eigenvalue weighted by Crippen LogP contribution is -2.85. The van der Waals surface area contributed by atoms with E-state index in [9.17, 15) is 4.79 Å². The Morgan fingerprint density at radius 3 is 2.48 bits per heavy atom. The quantitative estimate of drug-likeness (QED) is 0.837. The van der Waals surface area contributed by atoms with Crippen molar-refractivity contribution in [3.05, 3.63) is 29.8 Å². The van der Waals surface area contributed by atoms with Crippen LogP contribution in [-0.4, -0.2) is 56.6 Å².